The van der Waals surface area contributed by atoms with E-state index in [4.69, 9.17) is 0 Å². The Hall–Kier alpha value is -3.00. The number of imide groups is 2. The second-order valence-corrected chi connectivity index (χ2v) is 11.5. The van der Waals surface area contributed by atoms with Gasteiger partial charge in [-0.1, -0.05) is 52.7 Å². The molecule has 3 aliphatic rings. The predicted octanol–water partition coefficient (Wildman–Crippen LogP) is 4.83. The van der Waals surface area contributed by atoms with E-state index in [1.54, 1.807) is 12.1 Å². The summed E-state index contributed by atoms with van der Waals surface area (Å²) in [4.78, 5) is 59.9. The fourth-order valence-electron chi connectivity index (χ4n) is 6.12. The second-order valence-electron chi connectivity index (χ2n) is 10.6. The molecule has 5 rings (SSSR count). The van der Waals surface area contributed by atoms with Crippen molar-refractivity contribution < 1.29 is 19.2 Å². The van der Waals surface area contributed by atoms with Gasteiger partial charge in [0.05, 0.1) is 23.6 Å². The zero-order valence-electron chi connectivity index (χ0n) is 20.4. The van der Waals surface area contributed by atoms with Crippen molar-refractivity contribution in [2.45, 2.75) is 58.2 Å². The van der Waals surface area contributed by atoms with Crippen molar-refractivity contribution in [1.82, 2.24) is 9.80 Å². The van der Waals surface area contributed by atoms with Crippen molar-refractivity contribution in [3.05, 3.63) is 64.1 Å². The largest absolute Gasteiger partial charge is 0.332 e. The van der Waals surface area contributed by atoms with Gasteiger partial charge in [-0.05, 0) is 63.9 Å². The number of halogens is 1. The maximum atomic E-state index is 14.2. The fraction of sp³-hybridized carbons (Fsp3) is 0.407. The molecule has 3 fully saturated rings. The number of aryl methyl sites for hydroxylation is 1. The highest BCUT2D eigenvalue weighted by molar-refractivity contribution is 9.10. The lowest BCUT2D eigenvalue weighted by molar-refractivity contribution is -0.149. The lowest BCUT2D eigenvalue weighted by Gasteiger charge is -2.37. The molecule has 2 aromatic rings. The molecule has 0 N–H and O–H groups in total. The number of likely N-dealkylation sites (tertiary alicyclic amines) is 1. The van der Waals surface area contributed by atoms with Crippen molar-refractivity contribution in [3.8, 4) is 0 Å². The van der Waals surface area contributed by atoms with E-state index >= 15 is 0 Å². The lowest BCUT2D eigenvalue weighted by atomic mass is 9.77. The number of rotatable bonds is 3. The Balaban J connectivity index is 1.74. The zero-order chi connectivity index (χ0) is 25.4. The van der Waals surface area contributed by atoms with Gasteiger partial charge in [0, 0.05) is 10.0 Å². The van der Waals surface area contributed by atoms with Crippen molar-refractivity contribution in [2.75, 3.05) is 4.90 Å². The summed E-state index contributed by atoms with van der Waals surface area (Å²) >= 11 is 3.44. The van der Waals surface area contributed by atoms with Crippen LogP contribution in [0.5, 0.6) is 0 Å². The molecule has 7 nitrogen and oxygen atoms in total. The molecular formula is C27H28BrN3O4. The van der Waals surface area contributed by atoms with Gasteiger partial charge >= 0.3 is 6.03 Å². The molecule has 182 valence electrons. The number of hydrogen-bond donors (Lipinski definition) is 0. The molecule has 3 heterocycles. The van der Waals surface area contributed by atoms with E-state index in [1.165, 1.54) is 14.7 Å². The monoisotopic (exact) mass is 537 g/mol. The average molecular weight is 538 g/mol. The highest BCUT2D eigenvalue weighted by Gasteiger charge is 2.77. The molecule has 2 aromatic carbocycles. The Kier molecular flexibility index (Phi) is 5.25. The summed E-state index contributed by atoms with van der Waals surface area (Å²) in [7, 11) is 0. The SMILES string of the molecule is CC[C@@]12C(=O)N(c3ccc(C)cc3)C(=O)N1C(c1ccc(Br)cc1)C1C(=O)N(C(C)(C)C)C(=O)C12. The van der Waals surface area contributed by atoms with Crippen LogP contribution < -0.4 is 4.90 Å². The van der Waals surface area contributed by atoms with E-state index < -0.39 is 40.9 Å². The van der Waals surface area contributed by atoms with Crippen LogP contribution in [0, 0.1) is 18.8 Å². The summed E-state index contributed by atoms with van der Waals surface area (Å²) in [5.41, 5.74) is 0.0107. The van der Waals surface area contributed by atoms with Crippen LogP contribution >= 0.6 is 15.9 Å². The zero-order valence-corrected chi connectivity index (χ0v) is 22.0. The van der Waals surface area contributed by atoms with E-state index in [-0.39, 0.29) is 18.2 Å². The summed E-state index contributed by atoms with van der Waals surface area (Å²) in [5, 5.41) is 0. The number of carbonyl (C=O) groups is 4. The first-order valence-corrected chi connectivity index (χ1v) is 12.6. The Morgan fingerprint density at radius 3 is 2.06 bits per heavy atom. The van der Waals surface area contributed by atoms with Crippen molar-refractivity contribution >= 4 is 45.4 Å². The molecule has 8 heteroatoms. The van der Waals surface area contributed by atoms with Gasteiger partial charge in [0.2, 0.25) is 11.8 Å². The van der Waals surface area contributed by atoms with Crippen LogP contribution in [0.2, 0.25) is 0 Å². The quantitative estimate of drug-likeness (QED) is 0.415. The summed E-state index contributed by atoms with van der Waals surface area (Å²) < 4.78 is 0.854. The number of anilines is 1. The maximum absolute atomic E-state index is 14.2. The van der Waals surface area contributed by atoms with Gasteiger partial charge in [-0.2, -0.15) is 0 Å². The van der Waals surface area contributed by atoms with Gasteiger partial charge in [0.1, 0.15) is 5.54 Å². The molecule has 0 radical (unpaired) electrons. The van der Waals surface area contributed by atoms with Crippen LogP contribution in [0.15, 0.2) is 53.0 Å². The van der Waals surface area contributed by atoms with Gasteiger partial charge in [-0.25, -0.2) is 9.69 Å². The first-order valence-electron chi connectivity index (χ1n) is 11.8. The molecule has 0 bridgehead atoms. The van der Waals surface area contributed by atoms with Gasteiger partial charge in [0.25, 0.3) is 5.91 Å². The first kappa shape index (κ1) is 23.7. The fourth-order valence-corrected chi connectivity index (χ4v) is 6.39. The number of nitrogens with zero attached hydrogens (tertiary/aromatic N) is 3. The van der Waals surface area contributed by atoms with Crippen molar-refractivity contribution in [1.29, 1.82) is 0 Å². The molecule has 0 aromatic heterocycles. The van der Waals surface area contributed by atoms with E-state index in [2.05, 4.69) is 15.9 Å². The van der Waals surface area contributed by atoms with Gasteiger partial charge in [-0.3, -0.25) is 19.3 Å². The second kappa shape index (κ2) is 7.75. The summed E-state index contributed by atoms with van der Waals surface area (Å²) in [6, 6.07) is 13.3. The van der Waals surface area contributed by atoms with E-state index in [0.29, 0.717) is 5.69 Å². The van der Waals surface area contributed by atoms with Crippen LogP contribution in [0.3, 0.4) is 0 Å². The maximum Gasteiger partial charge on any atom is 0.332 e. The molecule has 0 saturated carbocycles. The highest BCUT2D eigenvalue weighted by Crippen LogP contribution is 2.60. The summed E-state index contributed by atoms with van der Waals surface area (Å²) in [5.74, 6) is -2.92. The van der Waals surface area contributed by atoms with E-state index in [9.17, 15) is 19.2 Å². The molecular weight excluding hydrogens is 510 g/mol. The lowest BCUT2D eigenvalue weighted by Crippen LogP contribution is -2.55. The van der Waals surface area contributed by atoms with Crippen LogP contribution in [0.25, 0.3) is 0 Å². The number of amides is 5. The highest BCUT2D eigenvalue weighted by atomic mass is 79.9. The summed E-state index contributed by atoms with van der Waals surface area (Å²) in [6.45, 7) is 9.19. The van der Waals surface area contributed by atoms with Gasteiger partial charge < -0.3 is 4.90 Å². The van der Waals surface area contributed by atoms with Crippen molar-refractivity contribution in [2.24, 2.45) is 11.8 Å². The molecule has 4 atom stereocenters. The molecule has 35 heavy (non-hydrogen) atoms. The number of urea groups is 1. The number of fused-ring (bicyclic) bond motifs is 3. The normalized spacial score (nSPS) is 28.3. The molecule has 0 spiro atoms. The standard InChI is InChI=1S/C27H28BrN3O4/c1-6-27-20-19(22(32)31(23(20)33)26(3,4)5)21(16-9-11-17(28)12-10-16)30(27)25(35)29(24(27)34)18-13-7-15(2)8-14-18/h7-14,19-21H,6H2,1-5H3/t19?,20?,21?,27-/m1/s1. The van der Waals surface area contributed by atoms with Crippen LogP contribution in [-0.2, 0) is 14.4 Å². The molecule has 3 unspecified atom stereocenters. The van der Waals surface area contributed by atoms with Crippen molar-refractivity contribution in [3.63, 3.8) is 0 Å². The third-order valence-corrected chi connectivity index (χ3v) is 8.13. The van der Waals surface area contributed by atoms with Crippen LogP contribution in [0.4, 0.5) is 10.5 Å². The van der Waals surface area contributed by atoms with Crippen LogP contribution in [0.1, 0.15) is 51.3 Å². The molecule has 3 aliphatic heterocycles. The third kappa shape index (κ3) is 3.08. The Labute approximate surface area is 213 Å². The minimum atomic E-state index is -1.43. The number of hydrogen-bond acceptors (Lipinski definition) is 4. The number of carbonyl (C=O) groups excluding carboxylic acids is 4. The average Bonchev–Trinajstić information content (AvgIpc) is 3.33. The smallest absolute Gasteiger partial charge is 0.300 e. The Morgan fingerprint density at radius 2 is 1.51 bits per heavy atom. The van der Waals surface area contributed by atoms with Gasteiger partial charge in [-0.15, -0.1) is 0 Å². The van der Waals surface area contributed by atoms with E-state index in [1.807, 2.05) is 71.0 Å². The first-order chi connectivity index (χ1) is 16.4. The van der Waals surface area contributed by atoms with E-state index in [0.717, 1.165) is 15.6 Å². The molecule has 5 amide bonds. The topological polar surface area (TPSA) is 78.0 Å². The minimum absolute atomic E-state index is 0.227. The van der Waals surface area contributed by atoms with Gasteiger partial charge in [0.15, 0.2) is 0 Å². The Morgan fingerprint density at radius 1 is 0.914 bits per heavy atom. The third-order valence-electron chi connectivity index (χ3n) is 7.60. The number of benzene rings is 2. The summed E-state index contributed by atoms with van der Waals surface area (Å²) in [6.07, 6.45) is 0.227. The molecule has 3 saturated heterocycles. The predicted molar refractivity (Wildman–Crippen MR) is 134 cm³/mol. The molecule has 0 aliphatic carbocycles. The Bertz CT molecular complexity index is 1250. The minimum Gasteiger partial charge on any atom is -0.300 e. The van der Waals surface area contributed by atoms with Crippen LogP contribution in [-0.4, -0.2) is 44.6 Å².